The van der Waals surface area contributed by atoms with E-state index in [0.717, 1.165) is 10.0 Å². The SMILES string of the molecule is CC(C)OC(OC(C)C)c1ccc(Br)cc1. The minimum Gasteiger partial charge on any atom is -0.346 e. The second-order valence-electron chi connectivity index (χ2n) is 4.25. The molecule has 0 saturated heterocycles. The van der Waals surface area contributed by atoms with Crippen molar-refractivity contribution < 1.29 is 9.47 Å². The van der Waals surface area contributed by atoms with E-state index in [1.807, 2.05) is 52.0 Å². The van der Waals surface area contributed by atoms with E-state index in [4.69, 9.17) is 9.47 Å². The van der Waals surface area contributed by atoms with Gasteiger partial charge in [0.2, 0.25) is 0 Å². The van der Waals surface area contributed by atoms with E-state index in [2.05, 4.69) is 15.9 Å². The number of ether oxygens (including phenoxy) is 2. The fraction of sp³-hybridized carbons (Fsp3) is 0.538. The first kappa shape index (κ1) is 13.7. The van der Waals surface area contributed by atoms with Gasteiger partial charge >= 0.3 is 0 Å². The molecule has 3 heteroatoms. The predicted molar refractivity (Wildman–Crippen MR) is 69.3 cm³/mol. The van der Waals surface area contributed by atoms with Crippen LogP contribution in [0.15, 0.2) is 28.7 Å². The highest BCUT2D eigenvalue weighted by molar-refractivity contribution is 9.10. The lowest BCUT2D eigenvalue weighted by atomic mass is 10.2. The molecule has 1 aromatic carbocycles. The summed E-state index contributed by atoms with van der Waals surface area (Å²) in [4.78, 5) is 0. The highest BCUT2D eigenvalue weighted by Crippen LogP contribution is 2.23. The van der Waals surface area contributed by atoms with E-state index < -0.39 is 0 Å². The maximum Gasteiger partial charge on any atom is 0.184 e. The second kappa shape index (κ2) is 6.38. The Morgan fingerprint density at radius 1 is 0.875 bits per heavy atom. The third kappa shape index (κ3) is 4.64. The smallest absolute Gasteiger partial charge is 0.184 e. The average Bonchev–Trinajstić information content (AvgIpc) is 2.16. The first-order chi connectivity index (χ1) is 7.49. The van der Waals surface area contributed by atoms with Crippen LogP contribution in [0.4, 0.5) is 0 Å². The molecule has 0 bridgehead atoms. The highest BCUT2D eigenvalue weighted by atomic mass is 79.9. The van der Waals surface area contributed by atoms with Crippen molar-refractivity contribution in [3.05, 3.63) is 34.3 Å². The Bertz CT molecular complexity index is 296. The molecule has 0 saturated carbocycles. The first-order valence-electron chi connectivity index (χ1n) is 5.55. The van der Waals surface area contributed by atoms with Gasteiger partial charge in [0.1, 0.15) is 0 Å². The molecule has 0 aliphatic heterocycles. The summed E-state index contributed by atoms with van der Waals surface area (Å²) in [5.41, 5.74) is 1.05. The summed E-state index contributed by atoms with van der Waals surface area (Å²) in [5.74, 6) is 0. The lowest BCUT2D eigenvalue weighted by Gasteiger charge is -2.23. The van der Waals surface area contributed by atoms with Crippen molar-refractivity contribution in [3.8, 4) is 0 Å². The van der Waals surface area contributed by atoms with Crippen LogP contribution in [-0.2, 0) is 9.47 Å². The molecule has 1 rings (SSSR count). The highest BCUT2D eigenvalue weighted by Gasteiger charge is 2.15. The van der Waals surface area contributed by atoms with Gasteiger partial charge in [-0.2, -0.15) is 0 Å². The van der Waals surface area contributed by atoms with E-state index in [9.17, 15) is 0 Å². The minimum atomic E-state index is -0.284. The topological polar surface area (TPSA) is 18.5 Å². The minimum absolute atomic E-state index is 0.146. The van der Waals surface area contributed by atoms with Gasteiger partial charge in [-0.1, -0.05) is 28.1 Å². The Balaban J connectivity index is 2.78. The lowest BCUT2D eigenvalue weighted by molar-refractivity contribution is -0.185. The van der Waals surface area contributed by atoms with Gasteiger partial charge in [0.25, 0.3) is 0 Å². The summed E-state index contributed by atoms with van der Waals surface area (Å²) in [6, 6.07) is 8.02. The Morgan fingerprint density at radius 3 is 1.69 bits per heavy atom. The number of benzene rings is 1. The van der Waals surface area contributed by atoms with Crippen molar-refractivity contribution in [1.29, 1.82) is 0 Å². The maximum atomic E-state index is 5.75. The molecule has 0 aliphatic rings. The molecule has 0 amide bonds. The van der Waals surface area contributed by atoms with Crippen LogP contribution in [-0.4, -0.2) is 12.2 Å². The molecule has 0 aromatic heterocycles. The zero-order chi connectivity index (χ0) is 12.1. The molecule has 2 nitrogen and oxygen atoms in total. The van der Waals surface area contributed by atoms with Crippen molar-refractivity contribution in [2.24, 2.45) is 0 Å². The van der Waals surface area contributed by atoms with Gasteiger partial charge < -0.3 is 9.47 Å². The maximum absolute atomic E-state index is 5.75. The Kier molecular flexibility index (Phi) is 5.46. The summed E-state index contributed by atoms with van der Waals surface area (Å²) < 4.78 is 12.6. The zero-order valence-corrected chi connectivity index (χ0v) is 11.8. The Morgan fingerprint density at radius 2 is 1.31 bits per heavy atom. The van der Waals surface area contributed by atoms with E-state index in [1.54, 1.807) is 0 Å². The van der Waals surface area contributed by atoms with E-state index in [-0.39, 0.29) is 18.5 Å². The molecule has 0 aliphatic carbocycles. The summed E-state index contributed by atoms with van der Waals surface area (Å²) in [7, 11) is 0. The molecule has 1 aromatic rings. The van der Waals surface area contributed by atoms with Gasteiger partial charge in [-0.15, -0.1) is 0 Å². The van der Waals surface area contributed by atoms with Crippen LogP contribution in [0.5, 0.6) is 0 Å². The molecular weight excluding hydrogens is 268 g/mol. The predicted octanol–water partition coefficient (Wildman–Crippen LogP) is 4.30. The van der Waals surface area contributed by atoms with Crippen LogP contribution < -0.4 is 0 Å². The Labute approximate surface area is 106 Å². The number of hydrogen-bond acceptors (Lipinski definition) is 2. The lowest BCUT2D eigenvalue weighted by Crippen LogP contribution is -2.17. The van der Waals surface area contributed by atoms with Gasteiger partial charge in [0.15, 0.2) is 6.29 Å². The van der Waals surface area contributed by atoms with Crippen molar-refractivity contribution in [2.75, 3.05) is 0 Å². The van der Waals surface area contributed by atoms with Crippen molar-refractivity contribution in [2.45, 2.75) is 46.2 Å². The molecule has 16 heavy (non-hydrogen) atoms. The van der Waals surface area contributed by atoms with Gasteiger partial charge in [0, 0.05) is 10.0 Å². The molecule has 90 valence electrons. The van der Waals surface area contributed by atoms with Crippen molar-refractivity contribution >= 4 is 15.9 Å². The molecule has 0 fully saturated rings. The zero-order valence-electron chi connectivity index (χ0n) is 10.2. The van der Waals surface area contributed by atoms with E-state index in [1.165, 1.54) is 0 Å². The van der Waals surface area contributed by atoms with Crippen LogP contribution in [0, 0.1) is 0 Å². The normalized spacial score (nSPS) is 11.8. The van der Waals surface area contributed by atoms with Crippen LogP contribution in [0.2, 0.25) is 0 Å². The quantitative estimate of drug-likeness (QED) is 0.752. The monoisotopic (exact) mass is 286 g/mol. The van der Waals surface area contributed by atoms with Crippen LogP contribution in [0.1, 0.15) is 39.5 Å². The van der Waals surface area contributed by atoms with Gasteiger partial charge in [-0.05, 0) is 39.8 Å². The molecule has 0 atom stereocenters. The van der Waals surface area contributed by atoms with Gasteiger partial charge in [0.05, 0.1) is 12.2 Å². The van der Waals surface area contributed by atoms with Crippen molar-refractivity contribution in [1.82, 2.24) is 0 Å². The van der Waals surface area contributed by atoms with Crippen molar-refractivity contribution in [3.63, 3.8) is 0 Å². The molecule has 0 spiro atoms. The fourth-order valence-electron chi connectivity index (χ4n) is 1.30. The second-order valence-corrected chi connectivity index (χ2v) is 5.17. The van der Waals surface area contributed by atoms with Crippen LogP contribution >= 0.6 is 15.9 Å². The average molecular weight is 287 g/mol. The van der Waals surface area contributed by atoms with Crippen LogP contribution in [0.3, 0.4) is 0 Å². The summed E-state index contributed by atoms with van der Waals surface area (Å²) >= 11 is 3.41. The van der Waals surface area contributed by atoms with Gasteiger partial charge in [-0.25, -0.2) is 0 Å². The third-order valence-corrected chi connectivity index (χ3v) is 2.46. The summed E-state index contributed by atoms with van der Waals surface area (Å²) in [6.45, 7) is 8.04. The number of hydrogen-bond donors (Lipinski definition) is 0. The number of halogens is 1. The molecular formula is C13H19BrO2. The summed E-state index contributed by atoms with van der Waals surface area (Å²) in [5, 5.41) is 0. The van der Waals surface area contributed by atoms with Gasteiger partial charge in [-0.3, -0.25) is 0 Å². The molecule has 0 heterocycles. The van der Waals surface area contributed by atoms with Crippen LogP contribution in [0.25, 0.3) is 0 Å². The third-order valence-electron chi connectivity index (χ3n) is 1.93. The molecule has 0 radical (unpaired) electrons. The largest absolute Gasteiger partial charge is 0.346 e. The summed E-state index contributed by atoms with van der Waals surface area (Å²) in [6.07, 6.45) is 0.00731. The first-order valence-corrected chi connectivity index (χ1v) is 6.34. The standard InChI is InChI=1S/C13H19BrO2/c1-9(2)15-13(16-10(3)4)11-5-7-12(14)8-6-11/h5-10,13H,1-4H3. The molecule has 0 unspecified atom stereocenters. The fourth-order valence-corrected chi connectivity index (χ4v) is 1.57. The van der Waals surface area contributed by atoms with E-state index >= 15 is 0 Å². The number of rotatable bonds is 5. The van der Waals surface area contributed by atoms with E-state index in [0.29, 0.717) is 0 Å². The molecule has 0 N–H and O–H groups in total. The Hall–Kier alpha value is -0.380.